The normalized spacial score (nSPS) is 21.6. The molecule has 2 aromatic carbocycles. The van der Waals surface area contributed by atoms with Crippen LogP contribution in [0.25, 0.3) is 12.2 Å². The molecule has 2 atom stereocenters. The van der Waals surface area contributed by atoms with E-state index >= 15 is 0 Å². The molecule has 2 unspecified atom stereocenters. The fraction of sp³-hybridized carbons (Fsp3) is 0.385. The van der Waals surface area contributed by atoms with Crippen LogP contribution in [0.15, 0.2) is 35.4 Å². The molecule has 0 saturated carbocycles. The van der Waals surface area contributed by atoms with Gasteiger partial charge in [-0.05, 0) is 0 Å². The molecule has 1 saturated heterocycles. The molecule has 1 aliphatic heterocycles. The van der Waals surface area contributed by atoms with E-state index in [1.807, 2.05) is 0 Å². The van der Waals surface area contributed by atoms with Crippen molar-refractivity contribution in [3.8, 4) is 0 Å². The number of hydrogen-bond donors (Lipinski definition) is 0. The van der Waals surface area contributed by atoms with E-state index in [2.05, 4.69) is 78.0 Å². The zero-order chi connectivity index (χ0) is 19.1. The molecule has 0 bridgehead atoms. The molecule has 0 nitrogen and oxygen atoms in total. The van der Waals surface area contributed by atoms with E-state index in [4.69, 9.17) is 0 Å². The topological polar surface area (TPSA) is 0 Å². The minimum absolute atomic E-state index is 0. The van der Waals surface area contributed by atoms with Crippen molar-refractivity contribution < 1.29 is 44.8 Å². The van der Waals surface area contributed by atoms with E-state index < -0.39 is 20.0 Å². The second-order valence-electron chi connectivity index (χ2n) is 9.43. The Morgan fingerprint density at radius 3 is 1.28 bits per heavy atom. The maximum absolute atomic E-state index is 2.56. The standard InChI is InChI=1S/2C12H13.C2H4.2ClH.Hf/c2*1-8-6-11-9(2)4-5-10(3)12(11)7-8;1-2;;;/h2*4-7H,1-3H3;1-2H2;2*1H;/q;;;;;+2/p-2. The molecule has 0 amide bonds. The maximum Gasteiger partial charge on any atom is -1.00 e. The van der Waals surface area contributed by atoms with Crippen molar-refractivity contribution in [2.75, 3.05) is 0 Å². The van der Waals surface area contributed by atoms with Gasteiger partial charge in [0, 0.05) is 0 Å². The summed E-state index contributed by atoms with van der Waals surface area (Å²) >= 11 is -2.56. The number of hydrogen-bond acceptors (Lipinski definition) is 0. The first-order valence-electron chi connectivity index (χ1n) is 10.4. The van der Waals surface area contributed by atoms with Crippen molar-refractivity contribution in [3.63, 3.8) is 0 Å². The third-order valence-corrected chi connectivity index (χ3v) is 27.2. The van der Waals surface area contributed by atoms with Gasteiger partial charge in [-0.1, -0.05) is 0 Å². The van der Waals surface area contributed by atoms with Gasteiger partial charge >= 0.3 is 169 Å². The van der Waals surface area contributed by atoms with Gasteiger partial charge in [0.25, 0.3) is 0 Å². The Morgan fingerprint density at radius 2 is 0.931 bits per heavy atom. The minimum atomic E-state index is -2.56. The van der Waals surface area contributed by atoms with Gasteiger partial charge in [-0.25, -0.2) is 0 Å². The summed E-state index contributed by atoms with van der Waals surface area (Å²) in [7, 11) is 0. The third kappa shape index (κ3) is 3.19. The largest absolute Gasteiger partial charge is 1.00 e. The number of allylic oxidation sites excluding steroid dienone is 2. The van der Waals surface area contributed by atoms with E-state index in [9.17, 15) is 0 Å². The molecule has 1 heterocycles. The molecular formula is C26H30Cl2Hf. The minimum Gasteiger partial charge on any atom is -1.00 e. The van der Waals surface area contributed by atoms with Crippen LogP contribution < -0.4 is 24.8 Å². The van der Waals surface area contributed by atoms with E-state index in [-0.39, 0.29) is 24.8 Å². The van der Waals surface area contributed by atoms with Crippen LogP contribution in [0, 0.1) is 27.7 Å². The van der Waals surface area contributed by atoms with Crippen LogP contribution in [0.2, 0.25) is 8.35 Å². The SMILES string of the molecule is CC1=Cc2c(C)ccc(C)c2[CH]1[Hf+2]1([CH]2C(C)=Cc3c(C)ccc(C)c32)[CH2][CH2]1.[Cl-].[Cl-]. The zero-order valence-electron chi connectivity index (χ0n) is 18.3. The molecule has 3 aliphatic rings. The number of rotatable bonds is 2. The monoisotopic (exact) mass is 592 g/mol. The molecule has 29 heavy (non-hydrogen) atoms. The van der Waals surface area contributed by atoms with Gasteiger partial charge in [0.05, 0.1) is 0 Å². The summed E-state index contributed by atoms with van der Waals surface area (Å²) in [5.74, 6) is 0. The summed E-state index contributed by atoms with van der Waals surface area (Å²) in [6.45, 7) is 14.2. The fourth-order valence-electron chi connectivity index (χ4n) is 6.31. The van der Waals surface area contributed by atoms with Gasteiger partial charge in [-0.15, -0.1) is 0 Å². The molecule has 5 rings (SSSR count). The van der Waals surface area contributed by atoms with Crippen LogP contribution in [0.3, 0.4) is 0 Å². The van der Waals surface area contributed by atoms with Gasteiger partial charge in [-0.3, -0.25) is 0 Å². The van der Waals surface area contributed by atoms with Crippen molar-refractivity contribution in [1.82, 2.24) is 0 Å². The first kappa shape index (κ1) is 23.0. The van der Waals surface area contributed by atoms with Gasteiger partial charge < -0.3 is 24.8 Å². The first-order chi connectivity index (χ1) is 12.8. The second-order valence-corrected chi connectivity index (χ2v) is 26.0. The van der Waals surface area contributed by atoms with Gasteiger partial charge in [0.1, 0.15) is 0 Å². The predicted octanol–water partition coefficient (Wildman–Crippen LogP) is 1.55. The van der Waals surface area contributed by atoms with E-state index in [1.54, 1.807) is 41.8 Å². The smallest absolute Gasteiger partial charge is 1.00 e. The molecule has 0 N–H and O–H groups in total. The summed E-state index contributed by atoms with van der Waals surface area (Å²) in [6, 6.07) is 9.39. The molecule has 0 spiro atoms. The van der Waals surface area contributed by atoms with Crippen molar-refractivity contribution in [3.05, 3.63) is 79.9 Å². The van der Waals surface area contributed by atoms with Crippen LogP contribution in [0.1, 0.15) is 65.7 Å². The van der Waals surface area contributed by atoms with E-state index in [0.29, 0.717) is 0 Å². The molecule has 0 radical (unpaired) electrons. The van der Waals surface area contributed by atoms with Crippen molar-refractivity contribution in [2.45, 2.75) is 57.2 Å². The van der Waals surface area contributed by atoms with Gasteiger partial charge in [-0.2, -0.15) is 0 Å². The molecule has 1 fully saturated rings. The summed E-state index contributed by atoms with van der Waals surface area (Å²) in [6.07, 6.45) is 5.08. The summed E-state index contributed by atoms with van der Waals surface area (Å²) < 4.78 is 4.73. The molecule has 2 aromatic rings. The molecule has 3 heteroatoms. The number of aryl methyl sites for hydroxylation is 4. The van der Waals surface area contributed by atoms with Crippen LogP contribution in [0.4, 0.5) is 0 Å². The Labute approximate surface area is 193 Å². The Kier molecular flexibility index (Phi) is 6.20. The Hall–Kier alpha value is -0.630. The first-order valence-corrected chi connectivity index (χ1v) is 19.6. The van der Waals surface area contributed by atoms with Crippen LogP contribution in [0.5, 0.6) is 0 Å². The Bertz CT molecular complexity index is 975. The zero-order valence-corrected chi connectivity index (χ0v) is 23.4. The van der Waals surface area contributed by atoms with Gasteiger partial charge in [0.15, 0.2) is 0 Å². The van der Waals surface area contributed by atoms with Crippen molar-refractivity contribution >= 4 is 12.2 Å². The number of halogens is 2. The summed E-state index contributed by atoms with van der Waals surface area (Å²) in [5, 5.41) is 0. The van der Waals surface area contributed by atoms with E-state index in [1.165, 1.54) is 22.3 Å². The fourth-order valence-corrected chi connectivity index (χ4v) is 35.2. The number of fused-ring (bicyclic) bond motifs is 2. The summed E-state index contributed by atoms with van der Waals surface area (Å²) in [4.78, 5) is 0. The molecular weight excluding hydrogens is 562 g/mol. The maximum atomic E-state index is 2.54. The Balaban J connectivity index is 0.00000120. The summed E-state index contributed by atoms with van der Waals surface area (Å²) in [5.41, 5.74) is 15.9. The van der Waals surface area contributed by atoms with Crippen LogP contribution in [-0.2, 0) is 20.0 Å². The third-order valence-electron chi connectivity index (χ3n) is 7.66. The Morgan fingerprint density at radius 1 is 0.586 bits per heavy atom. The van der Waals surface area contributed by atoms with Crippen LogP contribution >= 0.6 is 0 Å². The van der Waals surface area contributed by atoms with Crippen molar-refractivity contribution in [2.24, 2.45) is 0 Å². The van der Waals surface area contributed by atoms with Crippen LogP contribution in [-0.4, -0.2) is 0 Å². The average Bonchev–Trinajstić information content (AvgIpc) is 3.19. The van der Waals surface area contributed by atoms with E-state index in [0.717, 1.165) is 7.35 Å². The average molecular weight is 592 g/mol. The van der Waals surface area contributed by atoms with Gasteiger partial charge in [0.2, 0.25) is 0 Å². The molecule has 152 valence electrons. The second kappa shape index (κ2) is 7.81. The number of benzene rings is 2. The van der Waals surface area contributed by atoms with Crippen molar-refractivity contribution in [1.29, 1.82) is 0 Å². The molecule has 0 aromatic heterocycles. The quantitative estimate of drug-likeness (QED) is 0.465. The molecule has 2 aliphatic carbocycles. The predicted molar refractivity (Wildman–Crippen MR) is 114 cm³/mol.